The van der Waals surface area contributed by atoms with Gasteiger partial charge in [0.25, 0.3) is 0 Å². The maximum atomic E-state index is 13.4. The van der Waals surface area contributed by atoms with Crippen LogP contribution in [0.3, 0.4) is 0 Å². The minimum Gasteiger partial charge on any atom is -0.481 e. The van der Waals surface area contributed by atoms with Crippen LogP contribution in [0.4, 0.5) is 0 Å². The van der Waals surface area contributed by atoms with Gasteiger partial charge < -0.3 is 5.11 Å². The molecule has 6 unspecified atom stereocenters. The second kappa shape index (κ2) is 8.32. The van der Waals surface area contributed by atoms with Crippen LogP contribution in [0.25, 0.3) is 0 Å². The van der Waals surface area contributed by atoms with E-state index >= 15 is 0 Å². The van der Waals surface area contributed by atoms with Crippen LogP contribution in [-0.4, -0.2) is 16.9 Å². The summed E-state index contributed by atoms with van der Waals surface area (Å²) in [6.07, 6.45) is 14.1. The van der Waals surface area contributed by atoms with Gasteiger partial charge in [0, 0.05) is 11.8 Å². The predicted molar refractivity (Wildman–Crippen MR) is 113 cm³/mol. The highest BCUT2D eigenvalue weighted by molar-refractivity contribution is 5.97. The van der Waals surface area contributed by atoms with Crippen LogP contribution < -0.4 is 0 Å². The fraction of sp³-hybridized carbons (Fsp3) is 0.840. The van der Waals surface area contributed by atoms with E-state index in [9.17, 15) is 9.59 Å². The second-order valence-corrected chi connectivity index (χ2v) is 9.96. The molecule has 158 valence electrons. The predicted octanol–water partition coefficient (Wildman–Crippen LogP) is 6.42. The van der Waals surface area contributed by atoms with E-state index in [1.807, 2.05) is 13.8 Å². The van der Waals surface area contributed by atoms with Gasteiger partial charge in [-0.2, -0.15) is 0 Å². The fourth-order valence-corrected chi connectivity index (χ4v) is 7.43. The third kappa shape index (κ3) is 3.37. The average Bonchev–Trinajstić information content (AvgIpc) is 3.02. The second-order valence-electron chi connectivity index (χ2n) is 9.96. The number of allylic oxidation sites excluding steroid dienone is 2. The number of carbonyl (C=O) groups is 2. The summed E-state index contributed by atoms with van der Waals surface area (Å²) in [5.74, 6) is 1.88. The lowest BCUT2D eigenvalue weighted by Gasteiger charge is -2.55. The van der Waals surface area contributed by atoms with E-state index in [4.69, 9.17) is 5.11 Å². The third-order valence-corrected chi connectivity index (χ3v) is 8.98. The molecule has 0 aromatic heterocycles. The molecule has 0 aromatic rings. The Kier molecular flexibility index (Phi) is 6.41. The summed E-state index contributed by atoms with van der Waals surface area (Å²) in [7, 11) is 0. The number of carbonyl (C=O) groups excluding carboxylic acids is 1. The lowest BCUT2D eigenvalue weighted by Crippen LogP contribution is -2.50. The Morgan fingerprint density at radius 2 is 1.86 bits per heavy atom. The Morgan fingerprint density at radius 3 is 2.57 bits per heavy atom. The largest absolute Gasteiger partial charge is 0.481 e. The molecule has 0 bridgehead atoms. The molecule has 4 aliphatic rings. The summed E-state index contributed by atoms with van der Waals surface area (Å²) in [6.45, 7) is 8.66. The Morgan fingerprint density at radius 1 is 1.11 bits per heavy atom. The average molecular weight is 389 g/mol. The summed E-state index contributed by atoms with van der Waals surface area (Å²) in [6, 6.07) is 0. The molecule has 3 nitrogen and oxygen atoms in total. The Labute approximate surface area is 171 Å². The van der Waals surface area contributed by atoms with Gasteiger partial charge >= 0.3 is 5.97 Å². The van der Waals surface area contributed by atoms with E-state index in [0.717, 1.165) is 25.2 Å². The van der Waals surface area contributed by atoms with Gasteiger partial charge in [0.2, 0.25) is 0 Å². The minimum absolute atomic E-state index is 0.232. The Bertz CT molecular complexity index is 636. The SMILES string of the molecule is CC.CC12CCCCC1CCC1C2=CC(=O)C2(C)C(CCCC(=O)O)CCC12. The van der Waals surface area contributed by atoms with Crippen molar-refractivity contribution < 1.29 is 14.7 Å². The first-order chi connectivity index (χ1) is 13.4. The summed E-state index contributed by atoms with van der Waals surface area (Å²) in [5.41, 5.74) is 1.52. The van der Waals surface area contributed by atoms with Crippen LogP contribution in [0, 0.1) is 34.5 Å². The van der Waals surface area contributed by atoms with Crippen molar-refractivity contribution in [2.45, 2.75) is 98.3 Å². The Hall–Kier alpha value is -1.12. The van der Waals surface area contributed by atoms with Crippen LogP contribution in [0.5, 0.6) is 0 Å². The van der Waals surface area contributed by atoms with Crippen LogP contribution in [0.1, 0.15) is 98.3 Å². The van der Waals surface area contributed by atoms with Gasteiger partial charge in [0.15, 0.2) is 5.78 Å². The van der Waals surface area contributed by atoms with E-state index in [2.05, 4.69) is 19.9 Å². The van der Waals surface area contributed by atoms with Crippen molar-refractivity contribution in [3.63, 3.8) is 0 Å². The van der Waals surface area contributed by atoms with Gasteiger partial charge in [0.1, 0.15) is 0 Å². The third-order valence-electron chi connectivity index (χ3n) is 8.98. The van der Waals surface area contributed by atoms with E-state index in [0.29, 0.717) is 30.0 Å². The topological polar surface area (TPSA) is 54.4 Å². The lowest BCUT2D eigenvalue weighted by molar-refractivity contribution is -0.137. The van der Waals surface area contributed by atoms with Crippen molar-refractivity contribution in [2.24, 2.45) is 34.5 Å². The van der Waals surface area contributed by atoms with Gasteiger partial charge in [-0.05, 0) is 86.5 Å². The molecule has 3 heteroatoms. The smallest absolute Gasteiger partial charge is 0.303 e. The van der Waals surface area contributed by atoms with Gasteiger partial charge in [-0.1, -0.05) is 46.1 Å². The van der Waals surface area contributed by atoms with Crippen molar-refractivity contribution in [1.82, 2.24) is 0 Å². The van der Waals surface area contributed by atoms with Gasteiger partial charge in [-0.15, -0.1) is 0 Å². The molecular formula is C25H40O3. The first kappa shape index (κ1) is 21.6. The summed E-state index contributed by atoms with van der Waals surface area (Å²) in [4.78, 5) is 24.3. The summed E-state index contributed by atoms with van der Waals surface area (Å²) >= 11 is 0. The zero-order valence-electron chi connectivity index (χ0n) is 18.4. The van der Waals surface area contributed by atoms with Crippen LogP contribution in [-0.2, 0) is 9.59 Å². The van der Waals surface area contributed by atoms with Crippen molar-refractivity contribution in [3.8, 4) is 0 Å². The number of hydrogen-bond donors (Lipinski definition) is 1. The molecule has 0 aromatic carbocycles. The van der Waals surface area contributed by atoms with Gasteiger partial charge in [-0.3, -0.25) is 9.59 Å². The zero-order chi connectivity index (χ0) is 20.5. The quantitative estimate of drug-likeness (QED) is 0.605. The van der Waals surface area contributed by atoms with Crippen molar-refractivity contribution in [1.29, 1.82) is 0 Å². The number of carboxylic acids is 1. The molecule has 0 saturated heterocycles. The molecule has 0 aliphatic heterocycles. The molecule has 28 heavy (non-hydrogen) atoms. The molecule has 0 amide bonds. The van der Waals surface area contributed by atoms with Gasteiger partial charge in [0.05, 0.1) is 0 Å². The maximum absolute atomic E-state index is 13.4. The molecule has 3 saturated carbocycles. The van der Waals surface area contributed by atoms with E-state index in [-0.39, 0.29) is 17.3 Å². The molecule has 0 radical (unpaired) electrons. The van der Waals surface area contributed by atoms with E-state index in [1.165, 1.54) is 44.1 Å². The zero-order valence-corrected chi connectivity index (χ0v) is 18.4. The van der Waals surface area contributed by atoms with Crippen LogP contribution in [0.2, 0.25) is 0 Å². The summed E-state index contributed by atoms with van der Waals surface area (Å²) in [5, 5.41) is 8.95. The molecule has 3 fully saturated rings. The highest BCUT2D eigenvalue weighted by Crippen LogP contribution is 2.64. The number of hydrogen-bond acceptors (Lipinski definition) is 2. The summed E-state index contributed by atoms with van der Waals surface area (Å²) < 4.78 is 0. The lowest BCUT2D eigenvalue weighted by atomic mass is 9.48. The van der Waals surface area contributed by atoms with Gasteiger partial charge in [-0.25, -0.2) is 0 Å². The first-order valence-corrected chi connectivity index (χ1v) is 11.9. The standard InChI is InChI=1S/C23H34O3.C2H6/c1-22-13-4-3-6-15(22)9-11-17-18-12-10-16(7-5-8-21(25)26)23(18,2)20(24)14-19(17)22;1-2/h14-18H,3-13H2,1-2H3,(H,25,26);1-2H3. The van der Waals surface area contributed by atoms with Crippen LogP contribution in [0.15, 0.2) is 11.6 Å². The molecular weight excluding hydrogens is 348 g/mol. The number of ketones is 1. The molecule has 6 atom stereocenters. The van der Waals surface area contributed by atoms with Crippen molar-refractivity contribution >= 4 is 11.8 Å². The van der Waals surface area contributed by atoms with E-state index in [1.54, 1.807) is 0 Å². The monoisotopic (exact) mass is 388 g/mol. The first-order valence-electron chi connectivity index (χ1n) is 11.9. The molecule has 0 heterocycles. The van der Waals surface area contributed by atoms with E-state index < -0.39 is 5.97 Å². The maximum Gasteiger partial charge on any atom is 0.303 e. The highest BCUT2D eigenvalue weighted by Gasteiger charge is 2.59. The van der Waals surface area contributed by atoms with Crippen molar-refractivity contribution in [2.75, 3.05) is 0 Å². The van der Waals surface area contributed by atoms with Crippen molar-refractivity contribution in [3.05, 3.63) is 11.6 Å². The number of carboxylic acid groups (broad SMARTS) is 1. The molecule has 4 rings (SSSR count). The molecule has 1 N–H and O–H groups in total. The number of rotatable bonds is 4. The highest BCUT2D eigenvalue weighted by atomic mass is 16.4. The fourth-order valence-electron chi connectivity index (χ4n) is 7.43. The number of aliphatic carboxylic acids is 1. The normalized spacial score (nSPS) is 41.7. The molecule has 4 aliphatic carbocycles. The number of fused-ring (bicyclic) bond motifs is 5. The Balaban J connectivity index is 0.00000109. The minimum atomic E-state index is -0.717. The molecule has 0 spiro atoms. The van der Waals surface area contributed by atoms with Crippen LogP contribution >= 0.6 is 0 Å².